The summed E-state index contributed by atoms with van der Waals surface area (Å²) in [5.41, 5.74) is 7.30. The summed E-state index contributed by atoms with van der Waals surface area (Å²) in [4.78, 5) is 0. The predicted octanol–water partition coefficient (Wildman–Crippen LogP) is 3.83. The van der Waals surface area contributed by atoms with Gasteiger partial charge in [0.15, 0.2) is 0 Å². The Hall–Kier alpha value is -1.04. The van der Waals surface area contributed by atoms with Crippen molar-refractivity contribution >= 4 is 24.2 Å². The molecule has 0 fully saturated rings. The fourth-order valence-electron chi connectivity index (χ4n) is 1.63. The van der Waals surface area contributed by atoms with Crippen LogP contribution in [0.4, 0.5) is 0 Å². The normalized spacial score (nSPS) is 13.6. The van der Waals surface area contributed by atoms with Gasteiger partial charge in [0.25, 0.3) is 5.22 Å². The lowest BCUT2D eigenvalue weighted by atomic mass is 10.0. The molecular formula is C14H20ClN3OS. The summed E-state index contributed by atoms with van der Waals surface area (Å²) >= 11 is 1.54. The summed E-state index contributed by atoms with van der Waals surface area (Å²) in [5, 5.41) is 8.65. The first kappa shape index (κ1) is 17.0. The van der Waals surface area contributed by atoms with Gasteiger partial charge in [0.2, 0.25) is 5.89 Å². The second-order valence-electron chi connectivity index (χ2n) is 4.59. The van der Waals surface area contributed by atoms with Crippen molar-refractivity contribution in [3.63, 3.8) is 0 Å². The Morgan fingerprint density at radius 1 is 1.25 bits per heavy atom. The molecule has 1 aromatic carbocycles. The lowest BCUT2D eigenvalue weighted by Gasteiger charge is -2.13. The number of thioether (sulfide) groups is 1. The SMILES string of the molecule is CCC(C)[C@H](N)c1nnc(SCc2ccccc2)o1.Cl. The van der Waals surface area contributed by atoms with Crippen molar-refractivity contribution in [3.05, 3.63) is 41.8 Å². The van der Waals surface area contributed by atoms with Crippen LogP contribution in [0.2, 0.25) is 0 Å². The minimum Gasteiger partial charge on any atom is -0.414 e. The van der Waals surface area contributed by atoms with Crippen LogP contribution in [0.15, 0.2) is 40.0 Å². The molecule has 0 saturated carbocycles. The van der Waals surface area contributed by atoms with Crippen molar-refractivity contribution in [2.24, 2.45) is 11.7 Å². The number of nitrogens with two attached hydrogens (primary N) is 1. The lowest BCUT2D eigenvalue weighted by molar-refractivity contribution is 0.333. The van der Waals surface area contributed by atoms with E-state index in [-0.39, 0.29) is 18.4 Å². The largest absolute Gasteiger partial charge is 0.414 e. The first-order chi connectivity index (χ1) is 9.20. The molecule has 0 aliphatic rings. The zero-order valence-electron chi connectivity index (χ0n) is 11.7. The van der Waals surface area contributed by atoms with Crippen LogP contribution in [-0.4, -0.2) is 10.2 Å². The number of aromatic nitrogens is 2. The number of hydrogen-bond donors (Lipinski definition) is 1. The summed E-state index contributed by atoms with van der Waals surface area (Å²) in [6.45, 7) is 4.19. The van der Waals surface area contributed by atoms with E-state index in [0.717, 1.165) is 12.2 Å². The first-order valence-electron chi connectivity index (χ1n) is 6.46. The topological polar surface area (TPSA) is 64.9 Å². The highest BCUT2D eigenvalue weighted by atomic mass is 35.5. The van der Waals surface area contributed by atoms with Crippen LogP contribution in [0.1, 0.15) is 37.8 Å². The summed E-state index contributed by atoms with van der Waals surface area (Å²) < 4.78 is 5.61. The fourth-order valence-corrected chi connectivity index (χ4v) is 2.36. The Bertz CT molecular complexity index is 506. The zero-order chi connectivity index (χ0) is 13.7. The average Bonchev–Trinajstić information content (AvgIpc) is 2.93. The first-order valence-corrected chi connectivity index (χ1v) is 7.45. The van der Waals surface area contributed by atoms with E-state index < -0.39 is 0 Å². The van der Waals surface area contributed by atoms with Gasteiger partial charge in [-0.2, -0.15) is 0 Å². The molecule has 20 heavy (non-hydrogen) atoms. The molecule has 2 rings (SSSR count). The maximum Gasteiger partial charge on any atom is 0.276 e. The molecule has 0 saturated heterocycles. The fraction of sp³-hybridized carbons (Fsp3) is 0.429. The van der Waals surface area contributed by atoms with E-state index >= 15 is 0 Å². The van der Waals surface area contributed by atoms with E-state index in [9.17, 15) is 0 Å². The van der Waals surface area contributed by atoms with Gasteiger partial charge < -0.3 is 10.2 Å². The predicted molar refractivity (Wildman–Crippen MR) is 83.9 cm³/mol. The molecule has 2 aromatic rings. The Morgan fingerprint density at radius 2 is 1.95 bits per heavy atom. The summed E-state index contributed by atoms with van der Waals surface area (Å²) in [6, 6.07) is 10.0. The van der Waals surface area contributed by atoms with Gasteiger partial charge in [-0.05, 0) is 11.5 Å². The molecule has 0 amide bonds. The number of benzene rings is 1. The van der Waals surface area contributed by atoms with Crippen LogP contribution in [0, 0.1) is 5.92 Å². The number of halogens is 1. The van der Waals surface area contributed by atoms with Crippen molar-refractivity contribution in [2.45, 2.75) is 37.3 Å². The van der Waals surface area contributed by atoms with Gasteiger partial charge in [0.1, 0.15) is 0 Å². The van der Waals surface area contributed by atoms with Crippen LogP contribution in [0.25, 0.3) is 0 Å². The Labute approximate surface area is 129 Å². The van der Waals surface area contributed by atoms with Crippen LogP contribution >= 0.6 is 24.2 Å². The van der Waals surface area contributed by atoms with E-state index in [1.165, 1.54) is 17.3 Å². The molecule has 6 heteroatoms. The van der Waals surface area contributed by atoms with Crippen molar-refractivity contribution in [1.82, 2.24) is 10.2 Å². The van der Waals surface area contributed by atoms with Gasteiger partial charge in [-0.15, -0.1) is 22.6 Å². The van der Waals surface area contributed by atoms with Crippen LogP contribution in [0.5, 0.6) is 0 Å². The molecule has 0 bridgehead atoms. The second-order valence-corrected chi connectivity index (χ2v) is 5.52. The van der Waals surface area contributed by atoms with Gasteiger partial charge in [-0.1, -0.05) is 62.4 Å². The molecule has 0 aliphatic heterocycles. The third kappa shape index (κ3) is 4.51. The van der Waals surface area contributed by atoms with Gasteiger partial charge in [0.05, 0.1) is 6.04 Å². The maximum absolute atomic E-state index is 6.06. The van der Waals surface area contributed by atoms with Crippen LogP contribution < -0.4 is 5.73 Å². The minimum absolute atomic E-state index is 0. The van der Waals surface area contributed by atoms with Crippen molar-refractivity contribution in [3.8, 4) is 0 Å². The van der Waals surface area contributed by atoms with Gasteiger partial charge >= 0.3 is 0 Å². The Morgan fingerprint density at radius 3 is 2.60 bits per heavy atom. The maximum atomic E-state index is 6.06. The smallest absolute Gasteiger partial charge is 0.276 e. The van der Waals surface area contributed by atoms with Crippen molar-refractivity contribution in [2.75, 3.05) is 0 Å². The van der Waals surface area contributed by atoms with E-state index in [4.69, 9.17) is 10.2 Å². The third-order valence-electron chi connectivity index (χ3n) is 3.17. The molecule has 2 N–H and O–H groups in total. The molecule has 1 unspecified atom stereocenters. The molecular weight excluding hydrogens is 294 g/mol. The number of hydrogen-bond acceptors (Lipinski definition) is 5. The highest BCUT2D eigenvalue weighted by Gasteiger charge is 2.19. The molecule has 110 valence electrons. The van der Waals surface area contributed by atoms with Crippen LogP contribution in [0.3, 0.4) is 0 Å². The van der Waals surface area contributed by atoms with Gasteiger partial charge in [-0.3, -0.25) is 0 Å². The van der Waals surface area contributed by atoms with E-state index in [1.807, 2.05) is 18.2 Å². The molecule has 1 aromatic heterocycles. The molecule has 4 nitrogen and oxygen atoms in total. The minimum atomic E-state index is -0.177. The highest BCUT2D eigenvalue weighted by Crippen LogP contribution is 2.25. The van der Waals surface area contributed by atoms with Crippen molar-refractivity contribution < 1.29 is 4.42 Å². The van der Waals surface area contributed by atoms with E-state index in [2.05, 4.69) is 36.2 Å². The molecule has 0 radical (unpaired) electrons. The quantitative estimate of drug-likeness (QED) is 0.821. The average molecular weight is 314 g/mol. The summed E-state index contributed by atoms with van der Waals surface area (Å²) in [6.07, 6.45) is 0.996. The standard InChI is InChI=1S/C14H19N3OS.ClH/c1-3-10(2)12(15)13-16-17-14(18-13)19-9-11-7-5-4-6-8-11;/h4-8,10,12H,3,9,15H2,1-2H3;1H/t10?,12-;/m0./s1. The van der Waals surface area contributed by atoms with E-state index in [0.29, 0.717) is 17.0 Å². The molecule has 2 atom stereocenters. The summed E-state index contributed by atoms with van der Waals surface area (Å²) in [7, 11) is 0. The number of nitrogens with zero attached hydrogens (tertiary/aromatic N) is 2. The highest BCUT2D eigenvalue weighted by molar-refractivity contribution is 7.98. The molecule has 1 heterocycles. The van der Waals surface area contributed by atoms with Gasteiger partial charge in [0, 0.05) is 5.75 Å². The van der Waals surface area contributed by atoms with Crippen molar-refractivity contribution in [1.29, 1.82) is 0 Å². The molecule has 0 aliphatic carbocycles. The molecule has 0 spiro atoms. The third-order valence-corrected chi connectivity index (χ3v) is 4.06. The van der Waals surface area contributed by atoms with Crippen LogP contribution in [-0.2, 0) is 5.75 Å². The Balaban J connectivity index is 0.00000200. The monoisotopic (exact) mass is 313 g/mol. The number of rotatable bonds is 6. The summed E-state index contributed by atoms with van der Waals surface area (Å²) in [5.74, 6) is 1.69. The zero-order valence-corrected chi connectivity index (χ0v) is 13.3. The second kappa shape index (κ2) is 8.29. The van der Waals surface area contributed by atoms with Gasteiger partial charge in [-0.25, -0.2) is 0 Å². The van der Waals surface area contributed by atoms with E-state index in [1.54, 1.807) is 0 Å². The lowest BCUT2D eigenvalue weighted by Crippen LogP contribution is -2.18. The Kier molecular flexibility index (Phi) is 7.05.